The van der Waals surface area contributed by atoms with Crippen LogP contribution in [0, 0.1) is 0 Å². The van der Waals surface area contributed by atoms with Crippen molar-refractivity contribution in [3.8, 4) is 0 Å². The van der Waals surface area contributed by atoms with E-state index in [1.54, 1.807) is 54.6 Å². The molecule has 0 aliphatic rings. The van der Waals surface area contributed by atoms with E-state index in [0.717, 1.165) is 5.56 Å². The van der Waals surface area contributed by atoms with E-state index >= 15 is 0 Å². The zero-order valence-corrected chi connectivity index (χ0v) is 12.7. The predicted octanol–water partition coefficient (Wildman–Crippen LogP) is 3.06. The fraction of sp³-hybridized carbons (Fsp3) is 0.0625. The van der Waals surface area contributed by atoms with Gasteiger partial charge in [0.15, 0.2) is 0 Å². The van der Waals surface area contributed by atoms with Gasteiger partial charge in [0.05, 0.1) is 0 Å². The van der Waals surface area contributed by atoms with Crippen LogP contribution in [0.2, 0.25) is 0 Å². The van der Waals surface area contributed by atoms with Gasteiger partial charge in [-0.05, 0) is 29.3 Å². The molecule has 0 aliphatic heterocycles. The number of carbonyl (C=O) groups excluding carboxylic acids is 1. The van der Waals surface area contributed by atoms with E-state index in [9.17, 15) is 17.8 Å². The van der Waals surface area contributed by atoms with Crippen molar-refractivity contribution in [2.75, 3.05) is 5.32 Å². The van der Waals surface area contributed by atoms with Crippen LogP contribution in [0.5, 0.6) is 0 Å². The quantitative estimate of drug-likeness (QED) is 0.670. The third-order valence-corrected chi connectivity index (χ3v) is 3.81. The number of rotatable bonds is 4. The van der Waals surface area contributed by atoms with Crippen molar-refractivity contribution >= 4 is 33.9 Å². The van der Waals surface area contributed by atoms with Crippen LogP contribution in [0.3, 0.4) is 0 Å². The van der Waals surface area contributed by atoms with Crippen LogP contribution in [0.15, 0.2) is 53.4 Å². The second kappa shape index (κ2) is 6.55. The smallest absolute Gasteiger partial charge is 0.295 e. The first-order chi connectivity index (χ1) is 10.4. The van der Waals surface area contributed by atoms with Gasteiger partial charge >= 0.3 is 0 Å². The summed E-state index contributed by atoms with van der Waals surface area (Å²) in [7, 11) is -4.26. The highest BCUT2D eigenvalue weighted by Gasteiger charge is 2.12. The molecule has 0 spiro atoms. The molecule has 0 saturated heterocycles. The molecular weight excluding hydrogens is 302 g/mol. The van der Waals surface area contributed by atoms with E-state index < -0.39 is 10.1 Å². The Hall–Kier alpha value is -2.44. The summed E-state index contributed by atoms with van der Waals surface area (Å²) < 4.78 is 31.8. The Balaban J connectivity index is 2.24. The Morgan fingerprint density at radius 3 is 2.27 bits per heavy atom. The van der Waals surface area contributed by atoms with Crippen LogP contribution in [0.4, 0.5) is 5.69 Å². The van der Waals surface area contributed by atoms with Gasteiger partial charge in [-0.15, -0.1) is 0 Å². The highest BCUT2D eigenvalue weighted by atomic mass is 32.2. The molecule has 5 nitrogen and oxygen atoms in total. The molecule has 0 fully saturated rings. The topological polar surface area (TPSA) is 83.5 Å². The molecule has 1 amide bonds. The van der Waals surface area contributed by atoms with Gasteiger partial charge in [0, 0.05) is 12.6 Å². The predicted molar refractivity (Wildman–Crippen MR) is 85.9 cm³/mol. The van der Waals surface area contributed by atoms with E-state index in [1.165, 1.54) is 13.0 Å². The molecule has 0 unspecified atom stereocenters. The highest BCUT2D eigenvalue weighted by Crippen LogP contribution is 2.18. The molecule has 22 heavy (non-hydrogen) atoms. The van der Waals surface area contributed by atoms with Crippen molar-refractivity contribution in [2.24, 2.45) is 0 Å². The van der Waals surface area contributed by atoms with E-state index in [0.29, 0.717) is 11.3 Å². The zero-order chi connectivity index (χ0) is 16.2. The van der Waals surface area contributed by atoms with Gasteiger partial charge in [-0.2, -0.15) is 8.42 Å². The van der Waals surface area contributed by atoms with Crippen molar-refractivity contribution in [3.05, 3.63) is 59.7 Å². The minimum absolute atomic E-state index is 0.138. The first-order valence-corrected chi connectivity index (χ1v) is 7.92. The molecule has 2 rings (SSSR count). The second-order valence-corrected chi connectivity index (χ2v) is 6.04. The SMILES string of the molecule is CC(=O)Nc1ccc(C=Cc2ccccc2S(=O)(=O)O)cc1. The fourth-order valence-electron chi connectivity index (χ4n) is 1.92. The number of hydrogen-bond acceptors (Lipinski definition) is 3. The molecule has 114 valence electrons. The average molecular weight is 317 g/mol. The Labute approximate surface area is 129 Å². The standard InChI is InChI=1S/C16H15NO4S/c1-12(18)17-15-10-7-13(8-11-15)6-9-14-4-2-3-5-16(14)22(19,20)21/h2-11H,1H3,(H,17,18)(H,19,20,21). The van der Waals surface area contributed by atoms with Crippen molar-refractivity contribution in [1.82, 2.24) is 0 Å². The highest BCUT2D eigenvalue weighted by molar-refractivity contribution is 7.85. The third-order valence-electron chi connectivity index (χ3n) is 2.88. The van der Waals surface area contributed by atoms with E-state index in [2.05, 4.69) is 5.32 Å². The molecule has 2 aromatic rings. The normalized spacial score (nSPS) is 11.5. The summed E-state index contributed by atoms with van der Waals surface area (Å²) in [5, 5.41) is 2.66. The molecule has 0 aliphatic carbocycles. The van der Waals surface area contributed by atoms with Crippen LogP contribution < -0.4 is 5.32 Å². The summed E-state index contributed by atoms with van der Waals surface area (Å²) >= 11 is 0. The van der Waals surface area contributed by atoms with E-state index in [4.69, 9.17) is 0 Å². The maximum atomic E-state index is 11.3. The summed E-state index contributed by atoms with van der Waals surface area (Å²) in [5.74, 6) is -0.148. The first-order valence-electron chi connectivity index (χ1n) is 6.48. The van der Waals surface area contributed by atoms with Crippen molar-refractivity contribution in [1.29, 1.82) is 0 Å². The number of hydrogen-bond donors (Lipinski definition) is 2. The molecule has 2 aromatic carbocycles. The number of benzene rings is 2. The lowest BCUT2D eigenvalue weighted by molar-refractivity contribution is -0.114. The minimum Gasteiger partial charge on any atom is -0.326 e. The summed E-state index contributed by atoms with van der Waals surface area (Å²) in [6, 6.07) is 13.2. The van der Waals surface area contributed by atoms with Crippen molar-refractivity contribution in [2.45, 2.75) is 11.8 Å². The monoisotopic (exact) mass is 317 g/mol. The Morgan fingerprint density at radius 2 is 1.68 bits per heavy atom. The number of amides is 1. The second-order valence-electron chi connectivity index (χ2n) is 4.65. The minimum atomic E-state index is -4.26. The number of carbonyl (C=O) groups is 1. The summed E-state index contributed by atoms with van der Waals surface area (Å²) in [6.07, 6.45) is 3.33. The molecule has 6 heteroatoms. The molecule has 0 bridgehead atoms. The molecule has 0 saturated carbocycles. The lowest BCUT2D eigenvalue weighted by Gasteiger charge is -2.03. The van der Waals surface area contributed by atoms with E-state index in [1.807, 2.05) is 0 Å². The summed E-state index contributed by atoms with van der Waals surface area (Å²) in [4.78, 5) is 10.8. The van der Waals surface area contributed by atoms with Gasteiger partial charge in [0.1, 0.15) is 4.90 Å². The molecule has 0 aromatic heterocycles. The lowest BCUT2D eigenvalue weighted by atomic mass is 10.1. The molecule has 2 N–H and O–H groups in total. The zero-order valence-electron chi connectivity index (χ0n) is 11.9. The summed E-state index contributed by atoms with van der Waals surface area (Å²) in [6.45, 7) is 1.43. The van der Waals surface area contributed by atoms with Gasteiger partial charge in [-0.1, -0.05) is 42.5 Å². The Morgan fingerprint density at radius 1 is 1.05 bits per heavy atom. The maximum Gasteiger partial charge on any atom is 0.295 e. The van der Waals surface area contributed by atoms with Crippen molar-refractivity contribution in [3.63, 3.8) is 0 Å². The maximum absolute atomic E-state index is 11.3. The third kappa shape index (κ3) is 4.28. The van der Waals surface area contributed by atoms with Gasteiger partial charge in [-0.25, -0.2) is 0 Å². The largest absolute Gasteiger partial charge is 0.326 e. The van der Waals surface area contributed by atoms with E-state index in [-0.39, 0.29) is 10.8 Å². The van der Waals surface area contributed by atoms with Crippen LogP contribution >= 0.6 is 0 Å². The van der Waals surface area contributed by atoms with Crippen LogP contribution in [0.25, 0.3) is 12.2 Å². The summed E-state index contributed by atoms with van der Waals surface area (Å²) in [5.41, 5.74) is 1.91. The first kappa shape index (κ1) is 15.9. The van der Waals surface area contributed by atoms with Crippen LogP contribution in [-0.4, -0.2) is 18.9 Å². The molecular formula is C16H15NO4S. The lowest BCUT2D eigenvalue weighted by Crippen LogP contribution is -2.05. The number of anilines is 1. The van der Waals surface area contributed by atoms with Gasteiger partial charge < -0.3 is 5.32 Å². The Bertz CT molecular complexity index is 808. The van der Waals surface area contributed by atoms with Gasteiger partial charge in [0.2, 0.25) is 5.91 Å². The average Bonchev–Trinajstić information content (AvgIpc) is 2.45. The van der Waals surface area contributed by atoms with Crippen LogP contribution in [-0.2, 0) is 14.9 Å². The van der Waals surface area contributed by atoms with Gasteiger partial charge in [0.25, 0.3) is 10.1 Å². The Kier molecular flexibility index (Phi) is 4.75. The molecule has 0 atom stereocenters. The number of nitrogens with one attached hydrogen (secondary N) is 1. The fourth-order valence-corrected chi connectivity index (χ4v) is 2.60. The van der Waals surface area contributed by atoms with Crippen molar-refractivity contribution < 1.29 is 17.8 Å². The van der Waals surface area contributed by atoms with Gasteiger partial charge in [-0.3, -0.25) is 9.35 Å². The molecule has 0 heterocycles. The van der Waals surface area contributed by atoms with Crippen LogP contribution in [0.1, 0.15) is 18.1 Å². The molecule has 0 radical (unpaired) electrons.